The molecule has 0 saturated carbocycles. The van der Waals surface area contributed by atoms with Crippen molar-refractivity contribution in [3.05, 3.63) is 357 Å². The fourth-order valence-corrected chi connectivity index (χ4v) is 17.1. The highest BCUT2D eigenvalue weighted by molar-refractivity contribution is 6.26. The van der Waals surface area contributed by atoms with Gasteiger partial charge in [-0.3, -0.25) is 9.97 Å². The van der Waals surface area contributed by atoms with Gasteiger partial charge in [0, 0.05) is 73.6 Å². The van der Waals surface area contributed by atoms with Crippen LogP contribution in [0.4, 0.5) is 0 Å². The number of rotatable bonds is 9. The number of hydrogen-bond acceptors (Lipinski definition) is 5. The minimum absolute atomic E-state index is 0.610. The smallest absolute Gasteiger partial charge is 0.0991 e. The van der Waals surface area contributed by atoms with Crippen molar-refractivity contribution in [3.8, 4) is 102 Å². The number of benzene rings is 16. The van der Waals surface area contributed by atoms with Crippen LogP contribution in [0.25, 0.3) is 209 Å². The van der Waals surface area contributed by atoms with Crippen LogP contribution in [0, 0.1) is 22.7 Å². The molecule has 5 aromatic heterocycles. The maximum absolute atomic E-state index is 10.4. The van der Waals surface area contributed by atoms with Gasteiger partial charge in [0.2, 0.25) is 0 Å². The van der Waals surface area contributed by atoms with Gasteiger partial charge in [-0.05, 0) is 254 Å². The summed E-state index contributed by atoms with van der Waals surface area (Å²) in [6.45, 7) is 0. The van der Waals surface area contributed by atoms with E-state index in [1.54, 1.807) is 0 Å². The second-order valence-electron chi connectivity index (χ2n) is 27.6. The van der Waals surface area contributed by atoms with Gasteiger partial charge in [-0.25, -0.2) is 4.98 Å². The van der Waals surface area contributed by atoms with E-state index in [1.807, 2.05) is 67.1 Å². The lowest BCUT2D eigenvalue weighted by molar-refractivity contribution is 1.18. The van der Waals surface area contributed by atoms with Gasteiger partial charge in [0.25, 0.3) is 0 Å². The third-order valence-corrected chi connectivity index (χ3v) is 21.9. The van der Waals surface area contributed by atoms with Crippen LogP contribution >= 0.6 is 0 Å². The third kappa shape index (κ3) is 9.48. The largest absolute Gasteiger partial charge is 0.309 e. The first-order chi connectivity index (χ1) is 52.5. The lowest BCUT2D eigenvalue weighted by atomic mass is 9.87. The Morgan fingerprint density at radius 3 is 1.18 bits per heavy atom. The Morgan fingerprint density at radius 2 is 0.632 bits per heavy atom. The molecule has 7 nitrogen and oxygen atoms in total. The van der Waals surface area contributed by atoms with E-state index in [1.165, 1.54) is 48.7 Å². The Bertz CT molecular complexity index is 7400. The topological polar surface area (TPSA) is 96.1 Å². The van der Waals surface area contributed by atoms with Crippen molar-refractivity contribution in [2.45, 2.75) is 0 Å². The molecule has 21 aromatic rings. The number of nitrogens with zero attached hydrogens (tertiary/aromatic N) is 7. The van der Waals surface area contributed by atoms with Crippen molar-refractivity contribution in [1.29, 1.82) is 10.5 Å². The Kier molecular flexibility index (Phi) is 13.6. The van der Waals surface area contributed by atoms with Crippen molar-refractivity contribution < 1.29 is 0 Å². The Balaban J connectivity index is 0.637. The molecule has 5 heterocycles. The molecule has 0 aliphatic carbocycles. The SMILES string of the molecule is N#Cc1ccc2c(c1)c1cc(-c3cc4c5ccccc5c(-c5ccc(-c6ccc(-c7cccc(-n8c9ccc(C#N)cc9c9cc(-c%10cc%11c%12ccccc%12c(-c%12cccc(-c%13ccncc%13)n%12)cc%11c%11ccccc%10%11)ccc98)c7)c7cccnc67)cc5)cc4c4ccccc34)ccc1n2-c1ccccc1. The maximum Gasteiger partial charge on any atom is 0.0991 e. The van der Waals surface area contributed by atoms with Crippen LogP contribution in [0.1, 0.15) is 11.1 Å². The molecule has 488 valence electrons. The van der Waals surface area contributed by atoms with Gasteiger partial charge in [0.05, 0.1) is 62.2 Å². The van der Waals surface area contributed by atoms with Crippen LogP contribution < -0.4 is 0 Å². The lowest BCUT2D eigenvalue weighted by Gasteiger charge is -2.17. The molecule has 0 fully saturated rings. The van der Waals surface area contributed by atoms with E-state index in [0.717, 1.165) is 160 Å². The summed E-state index contributed by atoms with van der Waals surface area (Å²) in [5.74, 6) is 0. The Morgan fingerprint density at radius 1 is 0.226 bits per heavy atom. The number of aromatic nitrogens is 5. The van der Waals surface area contributed by atoms with Gasteiger partial charge in [-0.15, -0.1) is 0 Å². The summed E-state index contributed by atoms with van der Waals surface area (Å²) in [5, 5.41) is 39.9. The minimum atomic E-state index is 0.610. The number of nitriles is 2. The zero-order valence-electron chi connectivity index (χ0n) is 57.0. The second-order valence-corrected chi connectivity index (χ2v) is 27.6. The predicted molar refractivity (Wildman–Crippen MR) is 439 cm³/mol. The molecule has 0 saturated heterocycles. The van der Waals surface area contributed by atoms with Crippen molar-refractivity contribution in [2.24, 2.45) is 0 Å². The van der Waals surface area contributed by atoms with E-state index in [0.29, 0.717) is 11.1 Å². The van der Waals surface area contributed by atoms with Crippen molar-refractivity contribution in [1.82, 2.24) is 24.1 Å². The van der Waals surface area contributed by atoms with Gasteiger partial charge < -0.3 is 9.13 Å². The first-order valence-electron chi connectivity index (χ1n) is 35.7. The van der Waals surface area contributed by atoms with Crippen LogP contribution in [0.5, 0.6) is 0 Å². The molecule has 0 atom stereocenters. The van der Waals surface area contributed by atoms with Crippen molar-refractivity contribution >= 4 is 119 Å². The molecular weight excluding hydrogens is 1290 g/mol. The van der Waals surface area contributed by atoms with Crippen molar-refractivity contribution in [3.63, 3.8) is 0 Å². The Labute approximate surface area is 608 Å². The van der Waals surface area contributed by atoms with Gasteiger partial charge in [-0.2, -0.15) is 10.5 Å². The van der Waals surface area contributed by atoms with Crippen LogP contribution in [0.2, 0.25) is 0 Å². The molecule has 0 bridgehead atoms. The average molecular weight is 1340 g/mol. The maximum atomic E-state index is 10.4. The fraction of sp³-hybridized carbons (Fsp3) is 0. The summed E-state index contributed by atoms with van der Waals surface area (Å²) in [4.78, 5) is 14.6. The molecule has 16 aromatic carbocycles. The van der Waals surface area contributed by atoms with Crippen LogP contribution in [0.3, 0.4) is 0 Å². The molecule has 0 spiro atoms. The van der Waals surface area contributed by atoms with Gasteiger partial charge >= 0.3 is 0 Å². The monoisotopic (exact) mass is 1340 g/mol. The van der Waals surface area contributed by atoms with Gasteiger partial charge in [0.15, 0.2) is 0 Å². The normalized spacial score (nSPS) is 11.8. The number of hydrogen-bond donors (Lipinski definition) is 0. The van der Waals surface area contributed by atoms with Crippen molar-refractivity contribution in [2.75, 3.05) is 0 Å². The highest BCUT2D eigenvalue weighted by atomic mass is 15.0. The highest BCUT2D eigenvalue weighted by Gasteiger charge is 2.23. The summed E-state index contributed by atoms with van der Waals surface area (Å²) < 4.78 is 4.65. The fourth-order valence-electron chi connectivity index (χ4n) is 17.1. The molecular formula is C99H57N7. The lowest BCUT2D eigenvalue weighted by Crippen LogP contribution is -1.95. The Hall–Kier alpha value is -14.6. The molecule has 0 unspecified atom stereocenters. The molecule has 0 aliphatic rings. The number of fused-ring (bicyclic) bond motifs is 17. The molecule has 7 heteroatoms. The summed E-state index contributed by atoms with van der Waals surface area (Å²) in [7, 11) is 0. The molecule has 106 heavy (non-hydrogen) atoms. The van der Waals surface area contributed by atoms with E-state index in [9.17, 15) is 10.5 Å². The van der Waals surface area contributed by atoms with E-state index in [-0.39, 0.29) is 0 Å². The van der Waals surface area contributed by atoms with E-state index in [2.05, 4.69) is 305 Å². The number of pyridine rings is 3. The predicted octanol–water partition coefficient (Wildman–Crippen LogP) is 25.6. The zero-order chi connectivity index (χ0) is 70.1. The summed E-state index contributed by atoms with van der Waals surface area (Å²) in [6.07, 6.45) is 5.52. The molecule has 21 rings (SSSR count). The van der Waals surface area contributed by atoms with E-state index >= 15 is 0 Å². The van der Waals surface area contributed by atoms with Crippen LogP contribution in [-0.2, 0) is 0 Å². The minimum Gasteiger partial charge on any atom is -0.309 e. The quantitative estimate of drug-likeness (QED) is 0.134. The first kappa shape index (κ1) is 60.2. The second kappa shape index (κ2) is 24.0. The third-order valence-electron chi connectivity index (χ3n) is 21.9. The average Bonchev–Trinajstić information content (AvgIpc) is 1.11. The van der Waals surface area contributed by atoms with Gasteiger partial charge in [0.1, 0.15) is 0 Å². The number of para-hydroxylation sites is 1. The van der Waals surface area contributed by atoms with E-state index in [4.69, 9.17) is 9.97 Å². The highest BCUT2D eigenvalue weighted by Crippen LogP contribution is 2.48. The molecule has 0 radical (unpaired) electrons. The van der Waals surface area contributed by atoms with Crippen LogP contribution in [-0.4, -0.2) is 24.1 Å². The standard InChI is InChI=1S/C99H57N7/c100-58-60-30-40-95-89(49-60)91-52-66(36-42-97(91)105(95)68-16-2-1-3-17-68)82-55-85-75-22-7-4-19-72(75)81(54-84(85)76-23-8-5-20-73(76)82)63-34-32-62(33-35-63)71-39-38-70(80-27-14-46-103-99(71)80)65-15-12-18-69(51-65)106-96-41-31-61(59-101)50-90(96)92-53-67(37-43-98(92)106)83-56-86-78-25-10-11-26-79(78)88(57-87(86)77-24-9-6-21-74(77)83)94-29-13-28-93(104-94)64-44-47-102-48-45-64/h1-57H. The molecule has 0 N–H and O–H groups in total. The summed E-state index contributed by atoms with van der Waals surface area (Å²) in [5.41, 5.74) is 23.5. The molecule has 0 aliphatic heterocycles. The van der Waals surface area contributed by atoms with E-state index < -0.39 is 0 Å². The first-order valence-corrected chi connectivity index (χ1v) is 35.7. The molecule has 0 amide bonds. The zero-order valence-corrected chi connectivity index (χ0v) is 57.0. The summed E-state index contributed by atoms with van der Waals surface area (Å²) in [6, 6.07) is 122. The summed E-state index contributed by atoms with van der Waals surface area (Å²) >= 11 is 0. The van der Waals surface area contributed by atoms with Gasteiger partial charge in [-0.1, -0.05) is 188 Å². The van der Waals surface area contributed by atoms with Crippen LogP contribution in [0.15, 0.2) is 346 Å².